The van der Waals surface area contributed by atoms with Gasteiger partial charge in [0.15, 0.2) is 0 Å². The first-order valence-corrected chi connectivity index (χ1v) is 8.25. The van der Waals surface area contributed by atoms with Gasteiger partial charge in [-0.25, -0.2) is 18.5 Å². The van der Waals surface area contributed by atoms with Gasteiger partial charge >= 0.3 is 0 Å². The normalized spacial score (nSPS) is 12.0. The Morgan fingerprint density at radius 1 is 1.43 bits per heavy atom. The number of aromatic nitrogens is 1. The lowest BCUT2D eigenvalue weighted by atomic mass is 10.3. The van der Waals surface area contributed by atoms with Crippen molar-refractivity contribution in [1.82, 2.24) is 4.98 Å². The summed E-state index contributed by atoms with van der Waals surface area (Å²) in [6, 6.07) is 7.99. The van der Waals surface area contributed by atoms with E-state index < -0.39 is 10.0 Å². The van der Waals surface area contributed by atoms with Crippen LogP contribution in [-0.4, -0.2) is 13.4 Å². The van der Waals surface area contributed by atoms with Crippen molar-refractivity contribution in [2.24, 2.45) is 5.14 Å². The van der Waals surface area contributed by atoms with Crippen LogP contribution in [0.2, 0.25) is 0 Å². The van der Waals surface area contributed by atoms with Crippen molar-refractivity contribution >= 4 is 32.6 Å². The van der Waals surface area contributed by atoms with Gasteiger partial charge in [0.25, 0.3) is 0 Å². The fraction of sp³-hybridized carbons (Fsp3) is 0.0769. The minimum absolute atomic E-state index is 0.0353. The van der Waals surface area contributed by atoms with Gasteiger partial charge in [0.2, 0.25) is 10.0 Å². The van der Waals surface area contributed by atoms with Gasteiger partial charge in [-0.3, -0.25) is 0 Å². The molecule has 0 aliphatic heterocycles. The second kappa shape index (κ2) is 6.05. The number of aryl methyl sites for hydroxylation is 1. The third kappa shape index (κ3) is 3.88. The number of sulfonamides is 1. The Labute approximate surface area is 126 Å². The van der Waals surface area contributed by atoms with Crippen LogP contribution in [0.25, 0.3) is 5.57 Å². The first-order chi connectivity index (χ1) is 9.90. The molecule has 0 saturated carbocycles. The summed E-state index contributed by atoms with van der Waals surface area (Å²) in [6.07, 6.45) is 1.53. The second-order valence-corrected chi connectivity index (χ2v) is 6.60. The number of nitriles is 1. The number of thiazole rings is 1. The summed E-state index contributed by atoms with van der Waals surface area (Å²) in [7, 11) is -3.70. The van der Waals surface area contributed by atoms with Crippen molar-refractivity contribution in [2.45, 2.75) is 11.8 Å². The summed E-state index contributed by atoms with van der Waals surface area (Å²) >= 11 is 1.39. The van der Waals surface area contributed by atoms with Crippen LogP contribution in [0.15, 0.2) is 40.7 Å². The second-order valence-electron chi connectivity index (χ2n) is 4.18. The molecular formula is C13H12N4O2S2. The zero-order valence-electron chi connectivity index (χ0n) is 11.1. The fourth-order valence-corrected chi connectivity index (χ4v) is 2.79. The van der Waals surface area contributed by atoms with Crippen molar-refractivity contribution in [3.05, 3.63) is 46.5 Å². The molecule has 1 heterocycles. The van der Waals surface area contributed by atoms with Gasteiger partial charge in [0.05, 0.1) is 4.90 Å². The van der Waals surface area contributed by atoms with E-state index in [-0.39, 0.29) is 4.90 Å². The Morgan fingerprint density at radius 2 is 2.10 bits per heavy atom. The van der Waals surface area contributed by atoms with Crippen LogP contribution >= 0.6 is 11.3 Å². The lowest BCUT2D eigenvalue weighted by molar-refractivity contribution is 0.598. The Balaban J connectivity index is 2.18. The van der Waals surface area contributed by atoms with E-state index in [2.05, 4.69) is 16.4 Å². The van der Waals surface area contributed by atoms with E-state index in [1.165, 1.54) is 29.7 Å². The van der Waals surface area contributed by atoms with Crippen molar-refractivity contribution in [3.63, 3.8) is 0 Å². The summed E-state index contributed by atoms with van der Waals surface area (Å²) in [5.41, 5.74) is 1.90. The highest BCUT2D eigenvalue weighted by Gasteiger charge is 2.07. The molecule has 0 fully saturated rings. The van der Waals surface area contributed by atoms with E-state index in [9.17, 15) is 8.42 Å². The van der Waals surface area contributed by atoms with Crippen LogP contribution in [-0.2, 0) is 10.0 Å². The zero-order chi connectivity index (χ0) is 15.5. The van der Waals surface area contributed by atoms with Crippen molar-refractivity contribution in [1.29, 1.82) is 5.26 Å². The van der Waals surface area contributed by atoms with Crippen LogP contribution in [0.1, 0.15) is 10.7 Å². The molecule has 0 aliphatic carbocycles. The van der Waals surface area contributed by atoms with Crippen LogP contribution in [0, 0.1) is 18.3 Å². The lowest BCUT2D eigenvalue weighted by Gasteiger charge is -2.03. The molecule has 0 amide bonds. The molecule has 1 aromatic heterocycles. The number of hydrogen-bond acceptors (Lipinski definition) is 6. The van der Waals surface area contributed by atoms with Crippen molar-refractivity contribution < 1.29 is 8.42 Å². The lowest BCUT2D eigenvalue weighted by Crippen LogP contribution is -2.11. The quantitative estimate of drug-likeness (QED) is 0.838. The van der Waals surface area contributed by atoms with E-state index in [4.69, 9.17) is 10.4 Å². The van der Waals surface area contributed by atoms with Gasteiger partial charge in [-0.1, -0.05) is 0 Å². The fourth-order valence-electron chi connectivity index (χ4n) is 1.52. The van der Waals surface area contributed by atoms with E-state index in [1.807, 2.05) is 12.3 Å². The Hall–Kier alpha value is -2.21. The molecule has 0 bridgehead atoms. The standard InChI is InChI=1S/C13H12N4O2S2/c1-9-8-20-13(17-9)10(6-14)7-16-11-2-4-12(5-3-11)21(15,18)19/h2-5,7-8,16H,1H3,(H2,15,18,19)/b10-7+. The molecule has 2 aromatic rings. The van der Waals surface area contributed by atoms with Gasteiger partial charge in [0.1, 0.15) is 16.6 Å². The maximum atomic E-state index is 11.1. The van der Waals surface area contributed by atoms with Crippen LogP contribution in [0.4, 0.5) is 5.69 Å². The summed E-state index contributed by atoms with van der Waals surface area (Å²) in [5, 5.41) is 19.6. The largest absolute Gasteiger partial charge is 0.360 e. The number of primary sulfonamides is 1. The van der Waals surface area contributed by atoms with E-state index in [1.54, 1.807) is 12.1 Å². The molecule has 0 unspecified atom stereocenters. The molecular weight excluding hydrogens is 308 g/mol. The predicted octanol–water partition coefficient (Wildman–Crippen LogP) is 2.08. The number of anilines is 1. The van der Waals surface area contributed by atoms with Crippen LogP contribution in [0.5, 0.6) is 0 Å². The number of hydrogen-bond donors (Lipinski definition) is 2. The molecule has 0 radical (unpaired) electrons. The predicted molar refractivity (Wildman–Crippen MR) is 81.9 cm³/mol. The maximum Gasteiger partial charge on any atom is 0.238 e. The SMILES string of the molecule is Cc1csc(/C(C#N)=C/Nc2ccc(S(N)(=O)=O)cc2)n1. The molecule has 1 aromatic carbocycles. The molecule has 108 valence electrons. The molecule has 21 heavy (non-hydrogen) atoms. The topological polar surface area (TPSA) is 109 Å². The molecule has 6 nitrogen and oxygen atoms in total. The number of nitrogens with two attached hydrogens (primary N) is 1. The Morgan fingerprint density at radius 3 is 2.57 bits per heavy atom. The van der Waals surface area contributed by atoms with Gasteiger partial charge in [-0.2, -0.15) is 5.26 Å². The minimum Gasteiger partial charge on any atom is -0.360 e. The summed E-state index contributed by atoms with van der Waals surface area (Å²) in [4.78, 5) is 4.27. The molecule has 0 atom stereocenters. The number of benzene rings is 1. The average molecular weight is 320 g/mol. The molecule has 8 heteroatoms. The van der Waals surface area contributed by atoms with E-state index in [0.29, 0.717) is 16.3 Å². The first kappa shape index (κ1) is 15.2. The Bertz CT molecular complexity index is 815. The highest BCUT2D eigenvalue weighted by atomic mass is 32.2. The van der Waals surface area contributed by atoms with E-state index >= 15 is 0 Å². The molecule has 2 rings (SSSR count). The summed E-state index contributed by atoms with van der Waals surface area (Å²) < 4.78 is 22.3. The minimum atomic E-state index is -3.70. The van der Waals surface area contributed by atoms with Crippen molar-refractivity contribution in [2.75, 3.05) is 5.32 Å². The summed E-state index contributed by atoms with van der Waals surface area (Å²) in [5.74, 6) is 0. The third-order valence-electron chi connectivity index (χ3n) is 2.54. The Kier molecular flexibility index (Phi) is 4.37. The number of nitrogens with one attached hydrogen (secondary N) is 1. The van der Waals surface area contributed by atoms with Gasteiger partial charge in [-0.15, -0.1) is 11.3 Å². The van der Waals surface area contributed by atoms with Gasteiger partial charge < -0.3 is 5.32 Å². The first-order valence-electron chi connectivity index (χ1n) is 5.82. The van der Waals surface area contributed by atoms with Crippen molar-refractivity contribution in [3.8, 4) is 6.07 Å². The van der Waals surface area contributed by atoms with Gasteiger partial charge in [0, 0.05) is 23.0 Å². The monoisotopic (exact) mass is 320 g/mol. The van der Waals surface area contributed by atoms with Gasteiger partial charge in [-0.05, 0) is 31.2 Å². The smallest absolute Gasteiger partial charge is 0.238 e. The van der Waals surface area contributed by atoms with Crippen LogP contribution < -0.4 is 10.5 Å². The summed E-state index contributed by atoms with van der Waals surface area (Å²) in [6.45, 7) is 1.86. The number of rotatable bonds is 4. The maximum absolute atomic E-state index is 11.1. The zero-order valence-corrected chi connectivity index (χ0v) is 12.7. The highest BCUT2D eigenvalue weighted by molar-refractivity contribution is 7.89. The molecule has 0 spiro atoms. The molecule has 0 saturated heterocycles. The number of allylic oxidation sites excluding steroid dienone is 1. The molecule has 3 N–H and O–H groups in total. The molecule has 0 aliphatic rings. The third-order valence-corrected chi connectivity index (χ3v) is 4.46. The van der Waals surface area contributed by atoms with E-state index in [0.717, 1.165) is 5.69 Å². The number of nitrogens with zero attached hydrogens (tertiary/aromatic N) is 2. The highest BCUT2D eigenvalue weighted by Crippen LogP contribution is 2.19. The average Bonchev–Trinajstić information content (AvgIpc) is 2.86. The van der Waals surface area contributed by atoms with Crippen LogP contribution in [0.3, 0.4) is 0 Å².